The maximum Gasteiger partial charge on any atom is 0.311 e. The van der Waals surface area contributed by atoms with Crippen LogP contribution in [-0.2, 0) is 9.59 Å². The van der Waals surface area contributed by atoms with Crippen molar-refractivity contribution in [2.75, 3.05) is 13.1 Å². The van der Waals surface area contributed by atoms with Crippen LogP contribution in [0.4, 0.5) is 0 Å². The third kappa shape index (κ3) is 1.29. The first-order chi connectivity index (χ1) is 5.49. The van der Waals surface area contributed by atoms with Crippen molar-refractivity contribution >= 4 is 11.9 Å². The zero-order valence-corrected chi connectivity index (χ0v) is 7.33. The number of hydrogen-bond donors (Lipinski definition) is 1. The van der Waals surface area contributed by atoms with E-state index in [2.05, 4.69) is 0 Å². The quantitative estimate of drug-likeness (QED) is 0.651. The summed E-state index contributed by atoms with van der Waals surface area (Å²) < 4.78 is 0. The SMILES string of the molecule is CCN1CC(C)(C(=O)O)CC1=O. The van der Waals surface area contributed by atoms with E-state index >= 15 is 0 Å². The molecule has 4 nitrogen and oxygen atoms in total. The number of nitrogens with zero attached hydrogens (tertiary/aromatic N) is 1. The molecule has 0 radical (unpaired) electrons. The number of hydrogen-bond acceptors (Lipinski definition) is 2. The monoisotopic (exact) mass is 171 g/mol. The standard InChI is InChI=1S/C8H13NO3/c1-3-9-5-8(2,7(11)12)4-6(9)10/h3-5H2,1-2H3,(H,11,12). The number of carboxylic acid groups (broad SMARTS) is 1. The summed E-state index contributed by atoms with van der Waals surface area (Å²) in [4.78, 5) is 23.5. The number of aliphatic carboxylic acids is 1. The van der Waals surface area contributed by atoms with Crippen LogP contribution in [0.15, 0.2) is 0 Å². The molecule has 0 aromatic carbocycles. The van der Waals surface area contributed by atoms with E-state index in [0.29, 0.717) is 13.1 Å². The third-order valence-electron chi connectivity index (χ3n) is 2.33. The van der Waals surface area contributed by atoms with Gasteiger partial charge in [0.15, 0.2) is 0 Å². The van der Waals surface area contributed by atoms with Crippen LogP contribution in [0.5, 0.6) is 0 Å². The zero-order chi connectivity index (χ0) is 9.35. The molecule has 1 aliphatic heterocycles. The first-order valence-corrected chi connectivity index (χ1v) is 4.01. The Morgan fingerprint density at radius 3 is 2.58 bits per heavy atom. The molecule has 1 N–H and O–H groups in total. The Morgan fingerprint density at radius 1 is 1.75 bits per heavy atom. The van der Waals surface area contributed by atoms with E-state index in [-0.39, 0.29) is 12.3 Å². The van der Waals surface area contributed by atoms with Crippen molar-refractivity contribution in [2.24, 2.45) is 5.41 Å². The summed E-state index contributed by atoms with van der Waals surface area (Å²) in [7, 11) is 0. The fourth-order valence-electron chi connectivity index (χ4n) is 1.44. The normalized spacial score (nSPS) is 29.5. The van der Waals surface area contributed by atoms with Crippen LogP contribution < -0.4 is 0 Å². The molecule has 1 atom stereocenters. The first-order valence-electron chi connectivity index (χ1n) is 4.01. The Morgan fingerprint density at radius 2 is 2.33 bits per heavy atom. The average molecular weight is 171 g/mol. The molecule has 1 saturated heterocycles. The Balaban J connectivity index is 2.77. The second kappa shape index (κ2) is 2.77. The average Bonchev–Trinajstić information content (AvgIpc) is 2.27. The van der Waals surface area contributed by atoms with Crippen molar-refractivity contribution in [3.8, 4) is 0 Å². The maximum absolute atomic E-state index is 11.2. The number of carbonyl (C=O) groups excluding carboxylic acids is 1. The topological polar surface area (TPSA) is 57.6 Å². The van der Waals surface area contributed by atoms with Crippen molar-refractivity contribution in [2.45, 2.75) is 20.3 Å². The van der Waals surface area contributed by atoms with Crippen LogP contribution in [0, 0.1) is 5.41 Å². The van der Waals surface area contributed by atoms with E-state index in [1.54, 1.807) is 11.8 Å². The van der Waals surface area contributed by atoms with E-state index in [9.17, 15) is 9.59 Å². The lowest BCUT2D eigenvalue weighted by molar-refractivity contribution is -0.147. The highest BCUT2D eigenvalue weighted by Crippen LogP contribution is 2.30. The second-order valence-corrected chi connectivity index (χ2v) is 3.45. The summed E-state index contributed by atoms with van der Waals surface area (Å²) in [5.41, 5.74) is -0.868. The van der Waals surface area contributed by atoms with Gasteiger partial charge >= 0.3 is 5.97 Å². The van der Waals surface area contributed by atoms with E-state index in [4.69, 9.17) is 5.11 Å². The van der Waals surface area contributed by atoms with Crippen LogP contribution in [0.1, 0.15) is 20.3 Å². The molecule has 1 amide bonds. The van der Waals surface area contributed by atoms with E-state index in [1.807, 2.05) is 6.92 Å². The lowest BCUT2D eigenvalue weighted by Gasteiger charge is -2.17. The molecule has 12 heavy (non-hydrogen) atoms. The van der Waals surface area contributed by atoms with E-state index in [0.717, 1.165) is 0 Å². The minimum Gasteiger partial charge on any atom is -0.481 e. The van der Waals surface area contributed by atoms with Gasteiger partial charge in [-0.2, -0.15) is 0 Å². The molecule has 0 bridgehead atoms. The summed E-state index contributed by atoms with van der Waals surface area (Å²) in [5, 5.41) is 8.82. The van der Waals surface area contributed by atoms with Crippen molar-refractivity contribution < 1.29 is 14.7 Å². The molecule has 1 unspecified atom stereocenters. The fourth-order valence-corrected chi connectivity index (χ4v) is 1.44. The molecule has 1 fully saturated rings. The highest BCUT2D eigenvalue weighted by atomic mass is 16.4. The minimum atomic E-state index is -0.883. The number of likely N-dealkylation sites (tertiary alicyclic amines) is 1. The molecule has 0 aromatic rings. The molecular formula is C8H13NO3. The molecule has 1 rings (SSSR count). The zero-order valence-electron chi connectivity index (χ0n) is 7.33. The van der Waals surface area contributed by atoms with Gasteiger partial charge in [0, 0.05) is 19.5 Å². The molecule has 1 heterocycles. The number of carbonyl (C=O) groups is 2. The Kier molecular flexibility index (Phi) is 2.08. The summed E-state index contributed by atoms with van der Waals surface area (Å²) in [6.45, 7) is 4.41. The van der Waals surface area contributed by atoms with Crippen LogP contribution in [0.2, 0.25) is 0 Å². The Bertz CT molecular complexity index is 226. The second-order valence-electron chi connectivity index (χ2n) is 3.45. The minimum absolute atomic E-state index is 0.0533. The lowest BCUT2D eigenvalue weighted by Crippen LogP contribution is -2.31. The molecule has 0 saturated carbocycles. The number of amides is 1. The van der Waals surface area contributed by atoms with Crippen LogP contribution in [0.25, 0.3) is 0 Å². The van der Waals surface area contributed by atoms with Gasteiger partial charge in [0.05, 0.1) is 5.41 Å². The fraction of sp³-hybridized carbons (Fsp3) is 0.750. The Hall–Kier alpha value is -1.06. The van der Waals surface area contributed by atoms with Gasteiger partial charge in [-0.3, -0.25) is 9.59 Å². The third-order valence-corrected chi connectivity index (χ3v) is 2.33. The van der Waals surface area contributed by atoms with E-state index in [1.165, 1.54) is 0 Å². The predicted octanol–water partition coefficient (Wildman–Crippen LogP) is 0.329. The van der Waals surface area contributed by atoms with E-state index < -0.39 is 11.4 Å². The van der Waals surface area contributed by atoms with Crippen molar-refractivity contribution in [3.63, 3.8) is 0 Å². The Labute approximate surface area is 71.2 Å². The molecule has 0 spiro atoms. The van der Waals surface area contributed by atoms with Gasteiger partial charge in [0.25, 0.3) is 0 Å². The predicted molar refractivity (Wildman–Crippen MR) is 42.6 cm³/mol. The van der Waals surface area contributed by atoms with Crippen LogP contribution in [-0.4, -0.2) is 35.0 Å². The molecule has 0 aliphatic carbocycles. The van der Waals surface area contributed by atoms with Gasteiger partial charge < -0.3 is 10.0 Å². The van der Waals surface area contributed by atoms with Crippen molar-refractivity contribution in [1.29, 1.82) is 0 Å². The largest absolute Gasteiger partial charge is 0.481 e. The lowest BCUT2D eigenvalue weighted by atomic mass is 9.90. The molecule has 0 aromatic heterocycles. The summed E-state index contributed by atoms with van der Waals surface area (Å²) in [5.74, 6) is -0.936. The highest BCUT2D eigenvalue weighted by molar-refractivity contribution is 5.88. The summed E-state index contributed by atoms with van der Waals surface area (Å²) in [6.07, 6.45) is 0.135. The smallest absolute Gasteiger partial charge is 0.311 e. The van der Waals surface area contributed by atoms with Gasteiger partial charge in [-0.1, -0.05) is 0 Å². The van der Waals surface area contributed by atoms with Gasteiger partial charge in [-0.05, 0) is 13.8 Å². The van der Waals surface area contributed by atoms with Crippen molar-refractivity contribution in [1.82, 2.24) is 4.90 Å². The summed E-state index contributed by atoms with van der Waals surface area (Å²) in [6, 6.07) is 0. The molecule has 68 valence electrons. The molecule has 1 aliphatic rings. The van der Waals surface area contributed by atoms with Crippen LogP contribution >= 0.6 is 0 Å². The van der Waals surface area contributed by atoms with Gasteiger partial charge in [-0.15, -0.1) is 0 Å². The highest BCUT2D eigenvalue weighted by Gasteiger charge is 2.44. The number of carboxylic acids is 1. The van der Waals surface area contributed by atoms with Crippen LogP contribution in [0.3, 0.4) is 0 Å². The first kappa shape index (κ1) is 9.03. The maximum atomic E-state index is 11.2. The van der Waals surface area contributed by atoms with Gasteiger partial charge in [-0.25, -0.2) is 0 Å². The summed E-state index contributed by atoms with van der Waals surface area (Å²) >= 11 is 0. The van der Waals surface area contributed by atoms with Gasteiger partial charge in [0.1, 0.15) is 0 Å². The molecular weight excluding hydrogens is 158 g/mol. The number of rotatable bonds is 2. The van der Waals surface area contributed by atoms with Crippen molar-refractivity contribution in [3.05, 3.63) is 0 Å². The molecule has 4 heteroatoms. The van der Waals surface area contributed by atoms with Gasteiger partial charge in [0.2, 0.25) is 5.91 Å².